The van der Waals surface area contributed by atoms with Gasteiger partial charge < -0.3 is 15.2 Å². The predicted octanol–water partition coefficient (Wildman–Crippen LogP) is 4.15. The molecule has 9 heteroatoms. The van der Waals surface area contributed by atoms with Crippen molar-refractivity contribution in [1.82, 2.24) is 10.3 Å². The molecule has 8 nitrogen and oxygen atoms in total. The van der Waals surface area contributed by atoms with E-state index in [4.69, 9.17) is 0 Å². The summed E-state index contributed by atoms with van der Waals surface area (Å²) in [5, 5.41) is 25.3. The summed E-state index contributed by atoms with van der Waals surface area (Å²) >= 11 is 3.36. The topological polar surface area (TPSA) is 123 Å². The first-order valence-corrected chi connectivity index (χ1v) is 12.6. The maximum absolute atomic E-state index is 14.0. The second kappa shape index (κ2) is 8.57. The molecule has 0 radical (unpaired) electrons. The Bertz CT molecular complexity index is 1570. The van der Waals surface area contributed by atoms with Gasteiger partial charge in [0, 0.05) is 39.6 Å². The highest BCUT2D eigenvalue weighted by molar-refractivity contribution is 9.10. The number of hydrogen-bond acceptors (Lipinski definition) is 5. The number of carbonyl (C=O) groups is 3. The summed E-state index contributed by atoms with van der Waals surface area (Å²) in [6.07, 6.45) is 1.71. The van der Waals surface area contributed by atoms with E-state index >= 15 is 0 Å². The van der Waals surface area contributed by atoms with Crippen molar-refractivity contribution in [2.75, 3.05) is 4.90 Å². The Morgan fingerprint density at radius 1 is 0.973 bits per heavy atom. The van der Waals surface area contributed by atoms with Crippen LogP contribution in [0.2, 0.25) is 0 Å². The lowest BCUT2D eigenvalue weighted by Gasteiger charge is -2.31. The number of aromatic nitrogens is 1. The number of carbonyl (C=O) groups excluding carboxylic acids is 2. The molecule has 186 valence electrons. The lowest BCUT2D eigenvalue weighted by atomic mass is 9.76. The quantitative estimate of drug-likeness (QED) is 0.272. The summed E-state index contributed by atoms with van der Waals surface area (Å²) in [5.41, 5.74) is 0.507. The summed E-state index contributed by atoms with van der Waals surface area (Å²) in [7, 11) is 0. The van der Waals surface area contributed by atoms with E-state index in [1.807, 2.05) is 24.3 Å². The Morgan fingerprint density at radius 2 is 1.68 bits per heavy atom. The van der Waals surface area contributed by atoms with Gasteiger partial charge in [-0.15, -0.1) is 0 Å². The van der Waals surface area contributed by atoms with Crippen LogP contribution in [0.3, 0.4) is 0 Å². The van der Waals surface area contributed by atoms with Crippen LogP contribution in [0.15, 0.2) is 83.5 Å². The Hall–Kier alpha value is -3.95. The van der Waals surface area contributed by atoms with Gasteiger partial charge in [0.1, 0.15) is 11.3 Å². The Labute approximate surface area is 220 Å². The van der Waals surface area contributed by atoms with Gasteiger partial charge in [-0.25, -0.2) is 4.90 Å². The number of aromatic hydroxyl groups is 1. The van der Waals surface area contributed by atoms with Crippen LogP contribution >= 0.6 is 15.9 Å². The van der Waals surface area contributed by atoms with Crippen molar-refractivity contribution < 1.29 is 24.6 Å². The molecule has 2 amide bonds. The summed E-state index contributed by atoms with van der Waals surface area (Å²) in [6, 6.07) is 19.9. The third-order valence-corrected chi connectivity index (χ3v) is 8.07. The first kappa shape index (κ1) is 23.4. The maximum atomic E-state index is 14.0. The number of carboxylic acids is 1. The molecular weight excluding hydrogens is 538 g/mol. The van der Waals surface area contributed by atoms with Crippen molar-refractivity contribution in [3.8, 4) is 5.75 Å². The molecule has 4 aromatic rings. The van der Waals surface area contributed by atoms with Crippen molar-refractivity contribution >= 4 is 50.3 Å². The van der Waals surface area contributed by atoms with E-state index in [9.17, 15) is 24.6 Å². The largest absolute Gasteiger partial charge is 0.508 e. The maximum Gasteiger partial charge on any atom is 0.325 e. The van der Waals surface area contributed by atoms with Gasteiger partial charge in [0.05, 0.1) is 17.5 Å². The molecule has 4 N–H and O–H groups in total. The van der Waals surface area contributed by atoms with Crippen LogP contribution in [-0.4, -0.2) is 38.5 Å². The van der Waals surface area contributed by atoms with Crippen molar-refractivity contribution in [2.24, 2.45) is 11.8 Å². The molecule has 2 fully saturated rings. The van der Waals surface area contributed by atoms with Crippen molar-refractivity contribution in [1.29, 1.82) is 0 Å². The van der Waals surface area contributed by atoms with Crippen LogP contribution in [-0.2, 0) is 20.8 Å². The smallest absolute Gasteiger partial charge is 0.325 e. The second-order valence-electron chi connectivity index (χ2n) is 9.49. The van der Waals surface area contributed by atoms with E-state index in [1.165, 1.54) is 6.07 Å². The number of hydrogen-bond donors (Lipinski definition) is 4. The number of halogens is 1. The number of benzene rings is 3. The SMILES string of the molecule is O=C1[C@H]2[C@@H](C(=O)N1c1ccc(Br)cc1)[C@@](Cc1c[nH]c3ccccc13)(C(=O)O)N[C@H]2c1ccccc1O. The third kappa shape index (κ3) is 3.49. The van der Waals surface area contributed by atoms with Crippen molar-refractivity contribution in [3.05, 3.63) is 94.6 Å². The molecule has 1 aromatic heterocycles. The zero-order chi connectivity index (χ0) is 25.9. The number of aromatic amines is 1. The van der Waals surface area contributed by atoms with Gasteiger partial charge in [0.15, 0.2) is 0 Å². The van der Waals surface area contributed by atoms with Crippen LogP contribution in [0, 0.1) is 11.8 Å². The number of nitrogens with zero attached hydrogens (tertiary/aromatic N) is 1. The number of anilines is 1. The number of H-pyrrole nitrogens is 1. The zero-order valence-electron chi connectivity index (χ0n) is 19.4. The Balaban J connectivity index is 1.52. The minimum absolute atomic E-state index is 0.0369. The number of nitrogens with one attached hydrogen (secondary N) is 2. The number of imide groups is 1. The summed E-state index contributed by atoms with van der Waals surface area (Å²) in [4.78, 5) is 45.2. The van der Waals surface area contributed by atoms with E-state index in [2.05, 4.69) is 26.2 Å². The molecule has 0 bridgehead atoms. The van der Waals surface area contributed by atoms with E-state index in [0.717, 1.165) is 20.3 Å². The average Bonchev–Trinajstić information content (AvgIpc) is 3.53. The van der Waals surface area contributed by atoms with Gasteiger partial charge >= 0.3 is 5.97 Å². The molecule has 0 spiro atoms. The number of aliphatic carboxylic acids is 1. The van der Waals surface area contributed by atoms with Gasteiger partial charge in [0.2, 0.25) is 11.8 Å². The lowest BCUT2D eigenvalue weighted by Crippen LogP contribution is -2.57. The predicted molar refractivity (Wildman–Crippen MR) is 140 cm³/mol. The molecule has 37 heavy (non-hydrogen) atoms. The summed E-state index contributed by atoms with van der Waals surface area (Å²) in [6.45, 7) is 0. The molecule has 2 aliphatic rings. The minimum atomic E-state index is -1.79. The number of phenols is 1. The number of phenolic OH excluding ortho intramolecular Hbond substituents is 1. The van der Waals surface area contributed by atoms with Crippen LogP contribution in [0.25, 0.3) is 10.9 Å². The van der Waals surface area contributed by atoms with Crippen LogP contribution < -0.4 is 10.2 Å². The third-order valence-electron chi connectivity index (χ3n) is 7.54. The number of rotatable bonds is 5. The Morgan fingerprint density at radius 3 is 2.41 bits per heavy atom. The molecule has 3 aromatic carbocycles. The van der Waals surface area contributed by atoms with Gasteiger partial charge in [-0.2, -0.15) is 0 Å². The van der Waals surface area contributed by atoms with E-state index in [0.29, 0.717) is 16.8 Å². The number of amides is 2. The highest BCUT2D eigenvalue weighted by Gasteiger charge is 2.69. The zero-order valence-corrected chi connectivity index (χ0v) is 21.0. The van der Waals surface area contributed by atoms with Gasteiger partial charge in [0.25, 0.3) is 0 Å². The van der Waals surface area contributed by atoms with Crippen LogP contribution in [0.4, 0.5) is 5.69 Å². The Kier molecular flexibility index (Phi) is 5.43. The first-order valence-electron chi connectivity index (χ1n) is 11.8. The molecule has 3 heterocycles. The number of fused-ring (bicyclic) bond motifs is 2. The fourth-order valence-electron chi connectivity index (χ4n) is 5.88. The van der Waals surface area contributed by atoms with Gasteiger partial charge in [-0.05, 0) is 42.0 Å². The molecule has 0 unspecified atom stereocenters. The van der Waals surface area contributed by atoms with Gasteiger partial charge in [-0.1, -0.05) is 52.3 Å². The minimum Gasteiger partial charge on any atom is -0.508 e. The summed E-state index contributed by atoms with van der Waals surface area (Å²) in [5.74, 6) is -4.60. The molecule has 4 atom stereocenters. The van der Waals surface area contributed by atoms with E-state index < -0.39 is 41.2 Å². The number of carboxylic acid groups (broad SMARTS) is 1. The monoisotopic (exact) mass is 559 g/mol. The van der Waals surface area contributed by atoms with Crippen LogP contribution in [0.5, 0.6) is 5.75 Å². The molecule has 2 aliphatic heterocycles. The van der Waals surface area contributed by atoms with E-state index in [1.54, 1.807) is 48.7 Å². The fraction of sp³-hybridized carbons (Fsp3) is 0.179. The molecule has 0 aliphatic carbocycles. The molecular formula is C28H22BrN3O5. The standard InChI is InChI=1S/C28H22BrN3O5/c29-16-9-11-17(12-10-16)32-25(34)22-23(26(32)35)28(27(36)37,31-24(22)19-6-2-4-8-21(19)33)13-15-14-30-20-7-3-1-5-18(15)20/h1-12,14,22-24,30-31,33H,13H2,(H,36,37)/t22-,23-,24-,28-/m0/s1. The van der Waals surface area contributed by atoms with E-state index in [-0.39, 0.29) is 12.2 Å². The number of para-hydroxylation sites is 2. The highest BCUT2D eigenvalue weighted by Crippen LogP contribution is 2.52. The fourth-order valence-corrected chi connectivity index (χ4v) is 6.14. The molecule has 6 rings (SSSR count). The summed E-state index contributed by atoms with van der Waals surface area (Å²) < 4.78 is 0.781. The molecule has 2 saturated heterocycles. The first-order chi connectivity index (χ1) is 17.8. The van der Waals surface area contributed by atoms with Crippen molar-refractivity contribution in [3.63, 3.8) is 0 Å². The second-order valence-corrected chi connectivity index (χ2v) is 10.4. The van der Waals surface area contributed by atoms with Crippen molar-refractivity contribution in [2.45, 2.75) is 18.0 Å². The lowest BCUT2D eigenvalue weighted by molar-refractivity contribution is -0.148. The average molecular weight is 560 g/mol. The normalized spacial score (nSPS) is 25.1. The highest BCUT2D eigenvalue weighted by atomic mass is 79.9. The van der Waals surface area contributed by atoms with Crippen LogP contribution in [0.1, 0.15) is 17.2 Å². The molecule has 0 saturated carbocycles. The van der Waals surface area contributed by atoms with Gasteiger partial charge in [-0.3, -0.25) is 19.7 Å².